The summed E-state index contributed by atoms with van der Waals surface area (Å²) in [6.45, 7) is 1.38. The largest absolute Gasteiger partial charge is 0.339 e. The molecule has 0 aromatic heterocycles. The van der Waals surface area contributed by atoms with E-state index in [1.165, 1.54) is 23.9 Å². The van der Waals surface area contributed by atoms with E-state index < -0.39 is 10.0 Å². The fourth-order valence-corrected chi connectivity index (χ4v) is 5.38. The standard InChI is InChI=1S/C19H20Cl2N2O3S2/c1-27-17-9-8-13(12-14(17)19(24)23-10-3-2-4-11-23)28(25,26)22-18-15(20)6-5-7-16(18)21/h5-9,12,22H,2-4,10-11H2,1H3. The third kappa shape index (κ3) is 4.59. The van der Waals surface area contributed by atoms with Crippen LogP contribution in [-0.2, 0) is 10.0 Å². The number of hydrogen-bond donors (Lipinski definition) is 1. The van der Waals surface area contributed by atoms with Crippen LogP contribution >= 0.6 is 35.0 Å². The molecule has 0 atom stereocenters. The Bertz CT molecular complexity index is 970. The second kappa shape index (κ2) is 8.95. The van der Waals surface area contributed by atoms with Crippen LogP contribution in [0, 0.1) is 0 Å². The minimum Gasteiger partial charge on any atom is -0.339 e. The van der Waals surface area contributed by atoms with Gasteiger partial charge in [0.2, 0.25) is 0 Å². The number of nitrogens with one attached hydrogen (secondary N) is 1. The first kappa shape index (κ1) is 21.3. The first-order valence-corrected chi connectivity index (χ1v) is 12.2. The van der Waals surface area contributed by atoms with E-state index in [0.29, 0.717) is 18.7 Å². The lowest BCUT2D eigenvalue weighted by molar-refractivity contribution is 0.0720. The van der Waals surface area contributed by atoms with Crippen molar-refractivity contribution in [2.75, 3.05) is 24.1 Å². The summed E-state index contributed by atoms with van der Waals surface area (Å²) in [4.78, 5) is 15.5. The predicted molar refractivity (Wildman–Crippen MR) is 115 cm³/mol. The molecule has 1 aliphatic heterocycles. The van der Waals surface area contributed by atoms with E-state index in [9.17, 15) is 13.2 Å². The number of anilines is 1. The van der Waals surface area contributed by atoms with Crippen molar-refractivity contribution in [1.29, 1.82) is 0 Å². The zero-order chi connectivity index (χ0) is 20.3. The molecule has 1 fully saturated rings. The molecule has 0 spiro atoms. The van der Waals surface area contributed by atoms with Crippen molar-refractivity contribution in [3.63, 3.8) is 0 Å². The Balaban J connectivity index is 1.96. The van der Waals surface area contributed by atoms with E-state index in [1.807, 2.05) is 6.26 Å². The third-order valence-corrected chi connectivity index (χ3v) is 7.33. The molecule has 0 unspecified atom stereocenters. The Kier molecular flexibility index (Phi) is 6.81. The molecule has 2 aromatic rings. The van der Waals surface area contributed by atoms with Crippen molar-refractivity contribution in [2.45, 2.75) is 29.1 Å². The summed E-state index contributed by atoms with van der Waals surface area (Å²) >= 11 is 13.6. The lowest BCUT2D eigenvalue weighted by atomic mass is 10.1. The van der Waals surface area contributed by atoms with Crippen LogP contribution in [0.1, 0.15) is 29.6 Å². The minimum atomic E-state index is -3.97. The number of halogens is 2. The number of benzene rings is 2. The molecule has 3 rings (SSSR count). The van der Waals surface area contributed by atoms with Crippen LogP contribution in [0.25, 0.3) is 0 Å². The molecule has 1 heterocycles. The molecule has 2 aromatic carbocycles. The number of piperidine rings is 1. The topological polar surface area (TPSA) is 66.5 Å². The molecule has 0 aliphatic carbocycles. The van der Waals surface area contributed by atoms with Gasteiger partial charge < -0.3 is 4.90 Å². The predicted octanol–water partition coefficient (Wildman–Crippen LogP) is 5.14. The number of carbonyl (C=O) groups excluding carboxylic acids is 1. The Morgan fingerprint density at radius 1 is 1.07 bits per heavy atom. The highest BCUT2D eigenvalue weighted by Gasteiger charge is 2.24. The highest BCUT2D eigenvalue weighted by molar-refractivity contribution is 7.98. The first-order chi connectivity index (χ1) is 13.3. The minimum absolute atomic E-state index is 0.0124. The molecular weight excluding hydrogens is 439 g/mol. The summed E-state index contributed by atoms with van der Waals surface area (Å²) in [6, 6.07) is 9.29. The lowest BCUT2D eigenvalue weighted by Crippen LogP contribution is -2.36. The highest BCUT2D eigenvalue weighted by atomic mass is 35.5. The second-order valence-electron chi connectivity index (χ2n) is 6.42. The monoisotopic (exact) mass is 458 g/mol. The molecule has 150 valence electrons. The van der Waals surface area contributed by atoms with E-state index in [1.54, 1.807) is 29.2 Å². The molecule has 28 heavy (non-hydrogen) atoms. The molecule has 1 aliphatic rings. The van der Waals surface area contributed by atoms with Crippen LogP contribution in [0.15, 0.2) is 46.2 Å². The zero-order valence-corrected chi connectivity index (χ0v) is 18.4. The van der Waals surface area contributed by atoms with E-state index in [2.05, 4.69) is 4.72 Å². The van der Waals surface area contributed by atoms with E-state index in [-0.39, 0.29) is 26.5 Å². The summed E-state index contributed by atoms with van der Waals surface area (Å²) in [5.74, 6) is -0.142. The zero-order valence-electron chi connectivity index (χ0n) is 15.2. The van der Waals surface area contributed by atoms with Gasteiger partial charge in [-0.05, 0) is 55.9 Å². The number of nitrogens with zero attached hydrogens (tertiary/aromatic N) is 1. The van der Waals surface area contributed by atoms with Crippen molar-refractivity contribution < 1.29 is 13.2 Å². The maximum atomic E-state index is 13.0. The average Bonchev–Trinajstić information content (AvgIpc) is 2.70. The number of hydrogen-bond acceptors (Lipinski definition) is 4. The molecular formula is C19H20Cl2N2O3S2. The van der Waals surface area contributed by atoms with Crippen LogP contribution < -0.4 is 4.72 Å². The van der Waals surface area contributed by atoms with Crippen LogP contribution in [0.5, 0.6) is 0 Å². The number of carbonyl (C=O) groups is 1. The molecule has 0 saturated carbocycles. The van der Waals surface area contributed by atoms with Gasteiger partial charge in [0.1, 0.15) is 0 Å². The summed E-state index contributed by atoms with van der Waals surface area (Å²) in [5, 5.41) is 0.392. The van der Waals surface area contributed by atoms with Gasteiger partial charge in [-0.2, -0.15) is 0 Å². The summed E-state index contributed by atoms with van der Waals surface area (Å²) in [6.07, 6.45) is 4.89. The first-order valence-electron chi connectivity index (χ1n) is 8.77. The fraction of sp³-hybridized carbons (Fsp3) is 0.316. The van der Waals surface area contributed by atoms with Gasteiger partial charge in [0.25, 0.3) is 15.9 Å². The fourth-order valence-electron chi connectivity index (χ4n) is 3.08. The van der Waals surface area contributed by atoms with Crippen molar-refractivity contribution in [3.05, 3.63) is 52.0 Å². The maximum absolute atomic E-state index is 13.0. The van der Waals surface area contributed by atoms with Gasteiger partial charge in [0.15, 0.2) is 0 Å². The van der Waals surface area contributed by atoms with E-state index >= 15 is 0 Å². The molecule has 0 radical (unpaired) electrons. The lowest BCUT2D eigenvalue weighted by Gasteiger charge is -2.27. The van der Waals surface area contributed by atoms with Crippen LogP contribution in [0.2, 0.25) is 10.0 Å². The molecule has 1 saturated heterocycles. The van der Waals surface area contributed by atoms with E-state index in [0.717, 1.165) is 24.2 Å². The second-order valence-corrected chi connectivity index (χ2v) is 9.76. The molecule has 9 heteroatoms. The molecule has 5 nitrogen and oxygen atoms in total. The summed E-state index contributed by atoms with van der Waals surface area (Å²) < 4.78 is 28.2. The normalized spacial score (nSPS) is 14.8. The van der Waals surface area contributed by atoms with Crippen molar-refractivity contribution in [2.24, 2.45) is 0 Å². The number of thioether (sulfide) groups is 1. The van der Waals surface area contributed by atoms with Gasteiger partial charge in [0.05, 0.1) is 26.2 Å². The van der Waals surface area contributed by atoms with Gasteiger partial charge in [0, 0.05) is 18.0 Å². The van der Waals surface area contributed by atoms with Gasteiger partial charge in [-0.15, -0.1) is 11.8 Å². The SMILES string of the molecule is CSc1ccc(S(=O)(=O)Nc2c(Cl)cccc2Cl)cc1C(=O)N1CCCCC1. The van der Waals surface area contributed by atoms with Gasteiger partial charge in [-0.3, -0.25) is 9.52 Å². The van der Waals surface area contributed by atoms with Gasteiger partial charge in [-0.1, -0.05) is 29.3 Å². The Morgan fingerprint density at radius 3 is 2.32 bits per heavy atom. The Labute approximate surface area is 179 Å². The number of likely N-dealkylation sites (tertiary alicyclic amines) is 1. The molecule has 0 bridgehead atoms. The van der Waals surface area contributed by atoms with Crippen molar-refractivity contribution in [1.82, 2.24) is 4.90 Å². The van der Waals surface area contributed by atoms with Crippen molar-refractivity contribution >= 4 is 56.6 Å². The third-order valence-electron chi connectivity index (χ3n) is 4.55. The maximum Gasteiger partial charge on any atom is 0.262 e. The number of sulfonamides is 1. The summed E-state index contributed by atoms with van der Waals surface area (Å²) in [7, 11) is -3.97. The van der Waals surface area contributed by atoms with Crippen LogP contribution in [-0.4, -0.2) is 38.6 Å². The van der Waals surface area contributed by atoms with Gasteiger partial charge in [-0.25, -0.2) is 8.42 Å². The van der Waals surface area contributed by atoms with E-state index in [4.69, 9.17) is 23.2 Å². The Hall–Kier alpha value is -1.41. The number of amides is 1. The Morgan fingerprint density at radius 2 is 1.71 bits per heavy atom. The van der Waals surface area contributed by atoms with Crippen LogP contribution in [0.3, 0.4) is 0 Å². The van der Waals surface area contributed by atoms with Gasteiger partial charge >= 0.3 is 0 Å². The highest BCUT2D eigenvalue weighted by Crippen LogP contribution is 2.33. The number of para-hydroxylation sites is 1. The quantitative estimate of drug-likeness (QED) is 0.629. The smallest absolute Gasteiger partial charge is 0.262 e. The van der Waals surface area contributed by atoms with Crippen LogP contribution in [0.4, 0.5) is 5.69 Å². The number of rotatable bonds is 5. The molecule has 1 N–H and O–H groups in total. The van der Waals surface area contributed by atoms with Crippen molar-refractivity contribution in [3.8, 4) is 0 Å². The summed E-state index contributed by atoms with van der Waals surface area (Å²) in [5.41, 5.74) is 0.506. The average molecular weight is 459 g/mol. The molecule has 1 amide bonds.